The Morgan fingerprint density at radius 3 is 2.59 bits per heavy atom. The highest BCUT2D eigenvalue weighted by atomic mass is 35.5. The number of hydrogen-bond acceptors (Lipinski definition) is 3. The number of aromatic nitrogens is 2. The first-order chi connectivity index (χ1) is 9.54. The molecule has 5 nitrogen and oxygen atoms in total. The van der Waals surface area contributed by atoms with E-state index in [1.54, 1.807) is 6.20 Å². The number of nitrogens with one attached hydrogen (secondary N) is 1. The number of carbonyl (C=O) groups is 1. The van der Waals surface area contributed by atoms with Gasteiger partial charge >= 0.3 is 0 Å². The van der Waals surface area contributed by atoms with Crippen LogP contribution in [-0.2, 0) is 0 Å². The quantitative estimate of drug-likeness (QED) is 0.894. The number of pyridine rings is 1. The average molecular weight is 345 g/mol. The Labute approximate surface area is 143 Å². The molecule has 0 saturated heterocycles. The van der Waals surface area contributed by atoms with Crippen molar-refractivity contribution >= 4 is 30.7 Å². The molecular formula is C15H22Cl2N4O. The average Bonchev–Trinajstić information content (AvgIpc) is 2.75. The standard InChI is InChI=1S/C15H20N4O.2ClH/c1-10(9-16)18-15(20)13-8-11(2)19(12(13)3)14-6-4-5-7-17-14;;/h4-8,10H,9,16H2,1-3H3,(H,18,20);2*1H/t10-;;/m0../s1. The molecule has 22 heavy (non-hydrogen) atoms. The lowest BCUT2D eigenvalue weighted by atomic mass is 10.2. The molecule has 0 aliphatic rings. The fourth-order valence-corrected chi connectivity index (χ4v) is 2.19. The molecule has 2 heterocycles. The molecule has 0 unspecified atom stereocenters. The second-order valence-corrected chi connectivity index (χ2v) is 4.92. The molecular weight excluding hydrogens is 323 g/mol. The third-order valence-electron chi connectivity index (χ3n) is 3.29. The van der Waals surface area contributed by atoms with Crippen LogP contribution in [0.4, 0.5) is 0 Å². The van der Waals surface area contributed by atoms with Crippen LogP contribution in [0.15, 0.2) is 30.5 Å². The molecule has 0 fully saturated rings. The summed E-state index contributed by atoms with van der Waals surface area (Å²) in [5.41, 5.74) is 8.05. The van der Waals surface area contributed by atoms with Gasteiger partial charge in [0.05, 0.1) is 5.56 Å². The van der Waals surface area contributed by atoms with Crippen LogP contribution in [0.5, 0.6) is 0 Å². The number of carbonyl (C=O) groups excluding carboxylic acids is 1. The van der Waals surface area contributed by atoms with Crippen molar-refractivity contribution in [3.8, 4) is 5.82 Å². The molecule has 0 aliphatic carbocycles. The van der Waals surface area contributed by atoms with Crippen LogP contribution in [0.25, 0.3) is 5.82 Å². The first kappa shape index (κ1) is 20.4. The minimum atomic E-state index is -0.0989. The number of hydrogen-bond donors (Lipinski definition) is 2. The maximum atomic E-state index is 12.2. The van der Waals surface area contributed by atoms with Crippen molar-refractivity contribution in [2.75, 3.05) is 6.54 Å². The zero-order chi connectivity index (χ0) is 14.7. The normalized spacial score (nSPS) is 11.1. The van der Waals surface area contributed by atoms with E-state index in [0.717, 1.165) is 17.2 Å². The summed E-state index contributed by atoms with van der Waals surface area (Å²) in [4.78, 5) is 16.6. The first-order valence-electron chi connectivity index (χ1n) is 6.66. The topological polar surface area (TPSA) is 72.9 Å². The summed E-state index contributed by atoms with van der Waals surface area (Å²) in [7, 11) is 0. The summed E-state index contributed by atoms with van der Waals surface area (Å²) < 4.78 is 1.97. The summed E-state index contributed by atoms with van der Waals surface area (Å²) in [6, 6.07) is 7.55. The smallest absolute Gasteiger partial charge is 0.253 e. The molecule has 1 atom stereocenters. The number of amides is 1. The Balaban J connectivity index is 0.00000220. The number of halogens is 2. The van der Waals surface area contributed by atoms with Crippen LogP contribution >= 0.6 is 24.8 Å². The largest absolute Gasteiger partial charge is 0.348 e. The predicted molar refractivity (Wildman–Crippen MR) is 93.5 cm³/mol. The minimum absolute atomic E-state index is 0. The van der Waals surface area contributed by atoms with Crippen molar-refractivity contribution < 1.29 is 4.79 Å². The Bertz CT molecular complexity index is 614. The second-order valence-electron chi connectivity index (χ2n) is 4.92. The van der Waals surface area contributed by atoms with E-state index in [1.807, 2.05) is 49.6 Å². The molecule has 2 rings (SSSR count). The fourth-order valence-electron chi connectivity index (χ4n) is 2.19. The molecule has 0 radical (unpaired) electrons. The van der Waals surface area contributed by atoms with Gasteiger partial charge < -0.3 is 15.6 Å². The van der Waals surface area contributed by atoms with Crippen LogP contribution < -0.4 is 11.1 Å². The van der Waals surface area contributed by atoms with Gasteiger partial charge in [-0.15, -0.1) is 24.8 Å². The van der Waals surface area contributed by atoms with E-state index >= 15 is 0 Å². The van der Waals surface area contributed by atoms with E-state index in [9.17, 15) is 4.79 Å². The Morgan fingerprint density at radius 1 is 1.36 bits per heavy atom. The molecule has 0 aliphatic heterocycles. The number of nitrogens with zero attached hydrogens (tertiary/aromatic N) is 2. The maximum Gasteiger partial charge on any atom is 0.253 e. The van der Waals surface area contributed by atoms with Crippen LogP contribution in [0.3, 0.4) is 0 Å². The van der Waals surface area contributed by atoms with Crippen LogP contribution in [0, 0.1) is 13.8 Å². The monoisotopic (exact) mass is 344 g/mol. The summed E-state index contributed by atoms with van der Waals surface area (Å²) in [5, 5.41) is 2.88. The molecule has 0 saturated carbocycles. The number of rotatable bonds is 4. The molecule has 2 aromatic rings. The van der Waals surface area contributed by atoms with Crippen LogP contribution in [0.2, 0.25) is 0 Å². The molecule has 2 aromatic heterocycles. The number of nitrogens with two attached hydrogens (primary N) is 1. The van der Waals surface area contributed by atoms with Crippen molar-refractivity contribution in [3.05, 3.63) is 47.4 Å². The summed E-state index contributed by atoms with van der Waals surface area (Å²) in [5.74, 6) is 0.714. The van der Waals surface area contributed by atoms with E-state index in [-0.39, 0.29) is 36.8 Å². The van der Waals surface area contributed by atoms with Crippen molar-refractivity contribution in [1.82, 2.24) is 14.9 Å². The van der Waals surface area contributed by atoms with Crippen LogP contribution in [-0.4, -0.2) is 28.0 Å². The zero-order valence-corrected chi connectivity index (χ0v) is 14.5. The van der Waals surface area contributed by atoms with Gasteiger partial charge in [0.1, 0.15) is 5.82 Å². The van der Waals surface area contributed by atoms with Gasteiger partial charge in [-0.25, -0.2) is 4.98 Å². The van der Waals surface area contributed by atoms with Gasteiger partial charge in [0, 0.05) is 30.2 Å². The highest BCUT2D eigenvalue weighted by Gasteiger charge is 2.17. The second kappa shape index (κ2) is 8.78. The zero-order valence-electron chi connectivity index (χ0n) is 12.9. The van der Waals surface area contributed by atoms with E-state index < -0.39 is 0 Å². The third-order valence-corrected chi connectivity index (χ3v) is 3.29. The molecule has 122 valence electrons. The Kier molecular flexibility index (Phi) is 8.16. The van der Waals surface area contributed by atoms with Crippen molar-refractivity contribution in [3.63, 3.8) is 0 Å². The van der Waals surface area contributed by atoms with Gasteiger partial charge in [0.25, 0.3) is 5.91 Å². The predicted octanol–water partition coefficient (Wildman–Crippen LogP) is 2.41. The molecule has 0 aromatic carbocycles. The SMILES string of the molecule is Cc1cc(C(=O)N[C@@H](C)CN)c(C)n1-c1ccccn1.Cl.Cl. The van der Waals surface area contributed by atoms with E-state index in [0.29, 0.717) is 12.1 Å². The van der Waals surface area contributed by atoms with Gasteiger partial charge in [-0.2, -0.15) is 0 Å². The van der Waals surface area contributed by atoms with E-state index in [2.05, 4.69) is 10.3 Å². The Morgan fingerprint density at radius 2 is 2.05 bits per heavy atom. The van der Waals surface area contributed by atoms with E-state index in [4.69, 9.17) is 5.73 Å². The van der Waals surface area contributed by atoms with Gasteiger partial charge in [-0.1, -0.05) is 6.07 Å². The summed E-state index contributed by atoms with van der Waals surface area (Å²) >= 11 is 0. The van der Waals surface area contributed by atoms with Crippen molar-refractivity contribution in [2.24, 2.45) is 5.73 Å². The maximum absolute atomic E-state index is 12.2. The first-order valence-corrected chi connectivity index (χ1v) is 6.66. The lowest BCUT2D eigenvalue weighted by molar-refractivity contribution is 0.0940. The van der Waals surface area contributed by atoms with Gasteiger partial charge in [-0.05, 0) is 39.0 Å². The van der Waals surface area contributed by atoms with Gasteiger partial charge in [0.15, 0.2) is 0 Å². The Hall–Kier alpha value is -1.56. The van der Waals surface area contributed by atoms with Gasteiger partial charge in [-0.3, -0.25) is 4.79 Å². The lowest BCUT2D eigenvalue weighted by Crippen LogP contribution is -2.37. The molecule has 0 bridgehead atoms. The lowest BCUT2D eigenvalue weighted by Gasteiger charge is -2.12. The fraction of sp³-hybridized carbons (Fsp3) is 0.333. The molecule has 3 N–H and O–H groups in total. The van der Waals surface area contributed by atoms with Crippen molar-refractivity contribution in [1.29, 1.82) is 0 Å². The molecule has 1 amide bonds. The van der Waals surface area contributed by atoms with E-state index in [1.165, 1.54) is 0 Å². The number of aryl methyl sites for hydroxylation is 1. The molecule has 7 heteroatoms. The van der Waals surface area contributed by atoms with Crippen LogP contribution in [0.1, 0.15) is 28.7 Å². The highest BCUT2D eigenvalue weighted by molar-refractivity contribution is 5.96. The van der Waals surface area contributed by atoms with Crippen molar-refractivity contribution in [2.45, 2.75) is 26.8 Å². The highest BCUT2D eigenvalue weighted by Crippen LogP contribution is 2.19. The minimum Gasteiger partial charge on any atom is -0.348 e. The summed E-state index contributed by atoms with van der Waals surface area (Å²) in [6.45, 7) is 6.19. The summed E-state index contributed by atoms with van der Waals surface area (Å²) in [6.07, 6.45) is 1.74. The molecule has 0 spiro atoms. The van der Waals surface area contributed by atoms with Gasteiger partial charge in [0.2, 0.25) is 0 Å². The third kappa shape index (κ3) is 4.22.